The van der Waals surface area contributed by atoms with E-state index < -0.39 is 24.2 Å². The van der Waals surface area contributed by atoms with Gasteiger partial charge in [0.15, 0.2) is 0 Å². The number of fused-ring (bicyclic) bond motifs is 2. The third-order valence-electron chi connectivity index (χ3n) is 11.2. The van der Waals surface area contributed by atoms with Crippen LogP contribution in [-0.4, -0.2) is 80.9 Å². The fourth-order valence-electron chi connectivity index (χ4n) is 8.21. The monoisotopic (exact) mass is 760 g/mol. The molecule has 0 radical (unpaired) electrons. The molecule has 6 rings (SSSR count). The quantitative estimate of drug-likeness (QED) is 0.126. The lowest BCUT2D eigenvalue weighted by molar-refractivity contribution is -0.143. The van der Waals surface area contributed by atoms with Gasteiger partial charge >= 0.3 is 0 Å². The Morgan fingerprint density at radius 1 is 0.607 bits per heavy atom. The van der Waals surface area contributed by atoms with Crippen LogP contribution in [0.3, 0.4) is 0 Å². The first kappa shape index (κ1) is 40.0. The van der Waals surface area contributed by atoms with Gasteiger partial charge in [-0.1, -0.05) is 48.5 Å². The van der Waals surface area contributed by atoms with Gasteiger partial charge in [-0.3, -0.25) is 19.2 Å². The predicted octanol–water partition coefficient (Wildman–Crippen LogP) is 2.91. The highest BCUT2D eigenvalue weighted by atomic mass is 16.3. The fraction of sp³-hybridized carbons (Fsp3) is 0.364. The Bertz CT molecular complexity index is 1950. The van der Waals surface area contributed by atoms with Crippen LogP contribution < -0.4 is 22.1 Å². The zero-order valence-electron chi connectivity index (χ0n) is 32.5. The van der Waals surface area contributed by atoms with Gasteiger partial charge in [-0.25, -0.2) is 0 Å². The summed E-state index contributed by atoms with van der Waals surface area (Å²) in [4.78, 5) is 58.6. The number of aromatic hydroxyl groups is 2. The molecule has 0 bridgehead atoms. The summed E-state index contributed by atoms with van der Waals surface area (Å²) >= 11 is 0. The smallest absolute Gasteiger partial charge is 0.243 e. The molecule has 2 aliphatic rings. The van der Waals surface area contributed by atoms with Crippen molar-refractivity contribution in [1.29, 1.82) is 0 Å². The Labute approximate surface area is 327 Å². The fourth-order valence-corrected chi connectivity index (χ4v) is 8.21. The van der Waals surface area contributed by atoms with Crippen LogP contribution in [0, 0.1) is 27.7 Å². The first-order valence-electron chi connectivity index (χ1n) is 19.1. The molecule has 0 aromatic heterocycles. The lowest BCUT2D eigenvalue weighted by Gasteiger charge is -2.38. The van der Waals surface area contributed by atoms with Crippen LogP contribution in [0.2, 0.25) is 0 Å². The van der Waals surface area contributed by atoms with Crippen molar-refractivity contribution < 1.29 is 29.4 Å². The van der Waals surface area contributed by atoms with E-state index in [1.807, 2.05) is 76.2 Å². The molecule has 0 spiro atoms. The van der Waals surface area contributed by atoms with Crippen LogP contribution in [0.15, 0.2) is 72.8 Å². The van der Waals surface area contributed by atoms with Crippen molar-refractivity contribution in [3.63, 3.8) is 0 Å². The Hall–Kier alpha value is -5.72. The van der Waals surface area contributed by atoms with Gasteiger partial charge in [0.2, 0.25) is 23.6 Å². The summed E-state index contributed by atoms with van der Waals surface area (Å²) in [5, 5.41) is 25.8. The van der Waals surface area contributed by atoms with Gasteiger partial charge in [0.25, 0.3) is 0 Å². The summed E-state index contributed by atoms with van der Waals surface area (Å²) in [5.74, 6) is -1.13. The third kappa shape index (κ3) is 8.72. The van der Waals surface area contributed by atoms with Crippen molar-refractivity contribution in [2.75, 3.05) is 13.1 Å². The first-order valence-corrected chi connectivity index (χ1v) is 19.1. The Morgan fingerprint density at radius 2 is 0.929 bits per heavy atom. The molecule has 12 heteroatoms. The highest BCUT2D eigenvalue weighted by Gasteiger charge is 2.38. The maximum Gasteiger partial charge on any atom is 0.243 e. The number of hydrogen-bond acceptors (Lipinski definition) is 8. The van der Waals surface area contributed by atoms with Crippen LogP contribution in [0.5, 0.6) is 11.5 Å². The van der Waals surface area contributed by atoms with E-state index in [4.69, 9.17) is 11.5 Å². The molecular formula is C44H52N6O6. The van der Waals surface area contributed by atoms with E-state index in [-0.39, 0.29) is 74.1 Å². The summed E-state index contributed by atoms with van der Waals surface area (Å²) in [6.07, 6.45) is 1.13. The molecule has 56 heavy (non-hydrogen) atoms. The minimum absolute atomic E-state index is 0.0961. The molecule has 2 aliphatic heterocycles. The molecule has 0 fully saturated rings. The van der Waals surface area contributed by atoms with Crippen molar-refractivity contribution in [3.8, 4) is 11.5 Å². The van der Waals surface area contributed by atoms with Crippen LogP contribution in [-0.2, 0) is 58.0 Å². The molecule has 0 saturated carbocycles. The van der Waals surface area contributed by atoms with Gasteiger partial charge in [-0.15, -0.1) is 0 Å². The number of nitrogens with zero attached hydrogens (tertiary/aromatic N) is 2. The third-order valence-corrected chi connectivity index (χ3v) is 11.2. The highest BCUT2D eigenvalue weighted by Crippen LogP contribution is 2.28. The Balaban J connectivity index is 1.11. The van der Waals surface area contributed by atoms with E-state index in [0.717, 1.165) is 55.6 Å². The number of rotatable bonds is 11. The van der Waals surface area contributed by atoms with E-state index in [1.54, 1.807) is 34.1 Å². The van der Waals surface area contributed by atoms with Crippen molar-refractivity contribution in [3.05, 3.63) is 128 Å². The summed E-state index contributed by atoms with van der Waals surface area (Å²) in [7, 11) is 0. The van der Waals surface area contributed by atoms with E-state index in [9.17, 15) is 29.4 Å². The van der Waals surface area contributed by atoms with Crippen LogP contribution in [0.1, 0.15) is 55.6 Å². The highest BCUT2D eigenvalue weighted by molar-refractivity contribution is 5.92. The summed E-state index contributed by atoms with van der Waals surface area (Å²) in [5.41, 5.74) is 22.0. The van der Waals surface area contributed by atoms with Gasteiger partial charge < -0.3 is 42.1 Å². The number of hydrogen-bond donors (Lipinski definition) is 6. The minimum Gasteiger partial charge on any atom is -0.508 e. The molecular weight excluding hydrogens is 709 g/mol. The Kier molecular flexibility index (Phi) is 12.1. The van der Waals surface area contributed by atoms with Gasteiger partial charge in [0.1, 0.15) is 23.6 Å². The van der Waals surface area contributed by atoms with Gasteiger partial charge in [-0.05, 0) is 120 Å². The maximum atomic E-state index is 13.9. The number of aryl methyl sites for hydroxylation is 4. The molecule has 294 valence electrons. The molecule has 2 unspecified atom stereocenters. The normalized spacial score (nSPS) is 17.3. The molecule has 8 N–H and O–H groups in total. The maximum absolute atomic E-state index is 13.9. The average Bonchev–Trinajstić information content (AvgIpc) is 3.17. The molecule has 4 atom stereocenters. The standard InChI is InChI=1S/C44H52N6O6/c1-25-15-33(51)16-26(2)35(25)21-37(45)43(55)49-23-31-11-7-5-9-29(31)19-39(49)41(53)47-13-14-48-42(54)40-20-30-10-6-8-12-32(30)24-50(40)44(56)38(46)22-36-27(3)17-34(52)18-28(36)4/h5-12,15-18,37-40,51-52H,13-14,19-24,45-46H2,1-4H3,(H,47,53)(H,48,54)/t37-,38-,39?,40?/m0/s1. The Morgan fingerprint density at radius 3 is 1.27 bits per heavy atom. The summed E-state index contributed by atoms with van der Waals surface area (Å²) in [6.45, 7) is 8.11. The lowest BCUT2D eigenvalue weighted by atomic mass is 9.91. The molecule has 2 heterocycles. The number of nitrogens with two attached hydrogens (primary N) is 2. The molecule has 12 nitrogen and oxygen atoms in total. The van der Waals surface area contributed by atoms with E-state index in [2.05, 4.69) is 10.6 Å². The zero-order chi connectivity index (χ0) is 40.3. The van der Waals surface area contributed by atoms with E-state index in [0.29, 0.717) is 12.8 Å². The second-order valence-corrected chi connectivity index (χ2v) is 15.2. The van der Waals surface area contributed by atoms with Crippen molar-refractivity contribution in [2.45, 2.75) is 90.6 Å². The summed E-state index contributed by atoms with van der Waals surface area (Å²) < 4.78 is 0. The number of carbonyl (C=O) groups excluding carboxylic acids is 4. The second kappa shape index (κ2) is 17.0. The van der Waals surface area contributed by atoms with Crippen molar-refractivity contribution >= 4 is 23.6 Å². The lowest BCUT2D eigenvalue weighted by Crippen LogP contribution is -2.58. The summed E-state index contributed by atoms with van der Waals surface area (Å²) in [6, 6.07) is 18.5. The number of benzene rings is 4. The SMILES string of the molecule is Cc1cc(O)cc(C)c1C[C@H](N)C(=O)N1Cc2ccccc2CC1C(=O)NCCNC(=O)C1Cc2ccccc2CN1C(=O)[C@@H](N)Cc1c(C)cc(O)cc1C. The number of nitrogens with one attached hydrogen (secondary N) is 2. The van der Waals surface area contributed by atoms with Gasteiger partial charge in [0.05, 0.1) is 12.1 Å². The van der Waals surface area contributed by atoms with Crippen molar-refractivity contribution in [2.24, 2.45) is 11.5 Å². The largest absolute Gasteiger partial charge is 0.508 e. The van der Waals surface area contributed by atoms with Crippen molar-refractivity contribution in [1.82, 2.24) is 20.4 Å². The van der Waals surface area contributed by atoms with E-state index >= 15 is 0 Å². The average molecular weight is 761 g/mol. The molecule has 4 aromatic rings. The number of amides is 4. The molecule has 4 aromatic carbocycles. The number of phenols is 2. The van der Waals surface area contributed by atoms with Gasteiger partial charge in [0, 0.05) is 39.0 Å². The van der Waals surface area contributed by atoms with E-state index in [1.165, 1.54) is 0 Å². The van der Waals surface area contributed by atoms with Gasteiger partial charge in [-0.2, -0.15) is 0 Å². The molecule has 0 aliphatic carbocycles. The van der Waals surface area contributed by atoms with Crippen LogP contribution >= 0.6 is 0 Å². The second-order valence-electron chi connectivity index (χ2n) is 15.2. The predicted molar refractivity (Wildman–Crippen MR) is 214 cm³/mol. The number of phenolic OH excluding ortho intramolecular Hbond substituents is 2. The first-order chi connectivity index (χ1) is 26.7. The van der Waals surface area contributed by atoms with Crippen LogP contribution in [0.25, 0.3) is 0 Å². The minimum atomic E-state index is -0.912. The zero-order valence-corrected chi connectivity index (χ0v) is 32.5. The molecule has 0 saturated heterocycles. The number of carbonyl (C=O) groups is 4. The topological polar surface area (TPSA) is 191 Å². The molecule has 4 amide bonds. The van der Waals surface area contributed by atoms with Crippen LogP contribution in [0.4, 0.5) is 0 Å².